The molecule has 0 aromatic heterocycles. The largest absolute Gasteiger partial charge is 0.467 e. The average molecular weight is 524 g/mol. The number of amides is 3. The molecule has 0 radical (unpaired) electrons. The number of esters is 1. The molecule has 9 nitrogen and oxygen atoms in total. The Labute approximate surface area is 223 Å². The molecule has 1 saturated heterocycles. The van der Waals surface area contributed by atoms with Crippen LogP contribution in [0.1, 0.15) is 50.3 Å². The Morgan fingerprint density at radius 1 is 0.974 bits per heavy atom. The minimum absolute atomic E-state index is 0.0671. The van der Waals surface area contributed by atoms with Gasteiger partial charge in [0.05, 0.1) is 7.11 Å². The Balaban J connectivity index is 1.71. The van der Waals surface area contributed by atoms with E-state index in [2.05, 4.69) is 16.0 Å². The molecule has 0 aliphatic carbocycles. The third kappa shape index (κ3) is 8.61. The molecular formula is C29H37N3O6. The summed E-state index contributed by atoms with van der Waals surface area (Å²) in [7, 11) is 1.23. The first kappa shape index (κ1) is 28.7. The smallest absolute Gasteiger partial charge is 0.408 e. The molecule has 3 N–H and O–H groups in total. The number of rotatable bonds is 12. The maximum Gasteiger partial charge on any atom is 0.408 e. The Morgan fingerprint density at radius 2 is 1.63 bits per heavy atom. The highest BCUT2D eigenvalue weighted by atomic mass is 16.6. The molecule has 1 heterocycles. The lowest BCUT2D eigenvalue weighted by Crippen LogP contribution is -2.53. The van der Waals surface area contributed by atoms with E-state index in [9.17, 15) is 19.2 Å². The van der Waals surface area contributed by atoms with Crippen molar-refractivity contribution in [3.05, 3.63) is 71.8 Å². The molecule has 2 aromatic rings. The number of ether oxygens (including phenoxy) is 2. The highest BCUT2D eigenvalue weighted by Gasteiger charge is 2.34. The summed E-state index contributed by atoms with van der Waals surface area (Å²) in [6, 6.07) is 17.2. The normalized spacial score (nSPS) is 17.2. The number of hydrogen-bond donors (Lipinski definition) is 3. The fourth-order valence-electron chi connectivity index (χ4n) is 4.51. The lowest BCUT2D eigenvalue weighted by molar-refractivity contribution is -0.146. The van der Waals surface area contributed by atoms with Crippen LogP contribution in [0.15, 0.2) is 60.7 Å². The van der Waals surface area contributed by atoms with Crippen LogP contribution < -0.4 is 16.0 Å². The third-order valence-corrected chi connectivity index (χ3v) is 6.49. The minimum Gasteiger partial charge on any atom is -0.467 e. The second-order valence-electron chi connectivity index (χ2n) is 9.92. The lowest BCUT2D eigenvalue weighted by atomic mass is 9.97. The lowest BCUT2D eigenvalue weighted by Gasteiger charge is -2.25. The van der Waals surface area contributed by atoms with Gasteiger partial charge in [-0.15, -0.1) is 0 Å². The average Bonchev–Trinajstić information content (AvgIpc) is 3.31. The highest BCUT2D eigenvalue weighted by molar-refractivity contribution is 5.90. The van der Waals surface area contributed by atoms with Gasteiger partial charge in [0, 0.05) is 18.9 Å². The molecule has 1 aliphatic heterocycles. The molecule has 9 heteroatoms. The van der Waals surface area contributed by atoms with Crippen LogP contribution >= 0.6 is 0 Å². The first-order valence-electron chi connectivity index (χ1n) is 13.0. The summed E-state index contributed by atoms with van der Waals surface area (Å²) in [5.74, 6) is -1.67. The summed E-state index contributed by atoms with van der Waals surface area (Å²) < 4.78 is 10.7. The van der Waals surface area contributed by atoms with Crippen molar-refractivity contribution >= 4 is 23.9 Å². The number of alkyl carbamates (subject to hydrolysis) is 1. The van der Waals surface area contributed by atoms with Gasteiger partial charge < -0.3 is 25.4 Å². The molecule has 1 aliphatic rings. The van der Waals surface area contributed by atoms with Crippen LogP contribution in [0.4, 0.5) is 4.79 Å². The number of hydrogen-bond acceptors (Lipinski definition) is 6. The van der Waals surface area contributed by atoms with E-state index in [1.807, 2.05) is 74.5 Å². The number of nitrogens with one attached hydrogen (secondary N) is 3. The fraction of sp³-hybridized carbons (Fsp3) is 0.448. The Morgan fingerprint density at radius 3 is 2.21 bits per heavy atom. The molecule has 4 atom stereocenters. The van der Waals surface area contributed by atoms with Crippen molar-refractivity contribution in [3.63, 3.8) is 0 Å². The van der Waals surface area contributed by atoms with Crippen molar-refractivity contribution in [1.82, 2.24) is 16.0 Å². The second-order valence-corrected chi connectivity index (χ2v) is 9.92. The van der Waals surface area contributed by atoms with E-state index in [4.69, 9.17) is 9.47 Å². The van der Waals surface area contributed by atoms with Crippen molar-refractivity contribution in [1.29, 1.82) is 0 Å². The molecule has 0 spiro atoms. The molecule has 3 rings (SSSR count). The van der Waals surface area contributed by atoms with Gasteiger partial charge in [-0.05, 0) is 36.3 Å². The fourth-order valence-corrected chi connectivity index (χ4v) is 4.51. The molecular weight excluding hydrogens is 486 g/mol. The Hall–Kier alpha value is -3.88. The molecule has 1 fully saturated rings. The summed E-state index contributed by atoms with van der Waals surface area (Å²) >= 11 is 0. The van der Waals surface area contributed by atoms with Gasteiger partial charge in [0.25, 0.3) is 0 Å². The molecule has 204 valence electrons. The molecule has 3 amide bonds. The van der Waals surface area contributed by atoms with Crippen molar-refractivity contribution in [2.24, 2.45) is 11.8 Å². The second kappa shape index (κ2) is 14.2. The van der Waals surface area contributed by atoms with Crippen molar-refractivity contribution in [2.45, 2.75) is 57.7 Å². The van der Waals surface area contributed by atoms with Gasteiger partial charge in [0.2, 0.25) is 11.8 Å². The molecule has 0 bridgehead atoms. The van der Waals surface area contributed by atoms with Crippen LogP contribution in [-0.4, -0.2) is 49.6 Å². The van der Waals surface area contributed by atoms with E-state index in [1.165, 1.54) is 7.11 Å². The summed E-state index contributed by atoms with van der Waals surface area (Å²) in [6.45, 7) is 4.38. The topological polar surface area (TPSA) is 123 Å². The van der Waals surface area contributed by atoms with Gasteiger partial charge in [0.15, 0.2) is 0 Å². The summed E-state index contributed by atoms with van der Waals surface area (Å²) in [6.07, 6.45) is 0.187. The number of carbonyl (C=O) groups is 4. The zero-order chi connectivity index (χ0) is 27.5. The SMILES string of the molecule is COC(=O)[C@H](C[C@@H]1CCNC1=O)NC(=O)[C@H](CC(C)C)NC(=O)OC(Cc1ccccc1)c1ccccc1. The maximum atomic E-state index is 13.3. The van der Waals surface area contributed by atoms with Gasteiger partial charge in [-0.3, -0.25) is 9.59 Å². The predicted octanol–water partition coefficient (Wildman–Crippen LogP) is 3.30. The van der Waals surface area contributed by atoms with Crippen molar-refractivity contribution < 1.29 is 28.7 Å². The van der Waals surface area contributed by atoms with E-state index in [-0.39, 0.29) is 18.2 Å². The Bertz CT molecular complexity index is 1080. The van der Waals surface area contributed by atoms with E-state index in [0.29, 0.717) is 25.8 Å². The maximum absolute atomic E-state index is 13.3. The van der Waals surface area contributed by atoms with Gasteiger partial charge >= 0.3 is 12.1 Å². The zero-order valence-electron chi connectivity index (χ0n) is 22.1. The predicted molar refractivity (Wildman–Crippen MR) is 142 cm³/mol. The summed E-state index contributed by atoms with van der Waals surface area (Å²) in [4.78, 5) is 50.7. The van der Waals surface area contributed by atoms with Crippen molar-refractivity contribution in [3.8, 4) is 0 Å². The van der Waals surface area contributed by atoms with Crippen LogP contribution in [0.3, 0.4) is 0 Å². The van der Waals surface area contributed by atoms with Gasteiger partial charge in [-0.25, -0.2) is 9.59 Å². The zero-order valence-corrected chi connectivity index (χ0v) is 22.1. The van der Waals surface area contributed by atoms with Crippen LogP contribution in [0.25, 0.3) is 0 Å². The van der Waals surface area contributed by atoms with Crippen LogP contribution in [-0.2, 0) is 30.3 Å². The molecule has 0 saturated carbocycles. The van der Waals surface area contributed by atoms with E-state index in [1.54, 1.807) is 0 Å². The van der Waals surface area contributed by atoms with Gasteiger partial charge in [-0.1, -0.05) is 74.5 Å². The van der Waals surface area contributed by atoms with E-state index in [0.717, 1.165) is 11.1 Å². The Kier molecular flexibility index (Phi) is 10.7. The number of benzene rings is 2. The van der Waals surface area contributed by atoms with Crippen LogP contribution in [0.2, 0.25) is 0 Å². The number of methoxy groups -OCH3 is 1. The minimum atomic E-state index is -1.01. The molecule has 2 aromatic carbocycles. The van der Waals surface area contributed by atoms with E-state index < -0.39 is 42.1 Å². The third-order valence-electron chi connectivity index (χ3n) is 6.49. The van der Waals surface area contributed by atoms with Gasteiger partial charge in [-0.2, -0.15) is 0 Å². The van der Waals surface area contributed by atoms with Crippen LogP contribution in [0.5, 0.6) is 0 Å². The molecule has 38 heavy (non-hydrogen) atoms. The first-order chi connectivity index (χ1) is 18.3. The van der Waals surface area contributed by atoms with Crippen molar-refractivity contribution in [2.75, 3.05) is 13.7 Å². The monoisotopic (exact) mass is 523 g/mol. The highest BCUT2D eigenvalue weighted by Crippen LogP contribution is 2.23. The summed E-state index contributed by atoms with van der Waals surface area (Å²) in [5, 5.41) is 8.11. The van der Waals surface area contributed by atoms with Gasteiger partial charge in [0.1, 0.15) is 18.2 Å². The standard InChI is InChI=1S/C29H37N3O6/c1-19(2)16-23(27(34)31-24(28(35)37-3)18-22-14-15-30-26(22)33)32-29(36)38-25(21-12-8-5-9-13-21)17-20-10-6-4-7-11-20/h4-13,19,22-25H,14-18H2,1-3H3,(H,30,33)(H,31,34)(H,32,36)/t22-,23-,24-,25?/m0/s1. The number of carbonyl (C=O) groups excluding carboxylic acids is 4. The summed E-state index contributed by atoms with van der Waals surface area (Å²) in [5.41, 5.74) is 1.83. The van der Waals surface area contributed by atoms with E-state index >= 15 is 0 Å². The van der Waals surface area contributed by atoms with Crippen LogP contribution in [0, 0.1) is 11.8 Å². The first-order valence-corrected chi connectivity index (χ1v) is 13.0. The molecule has 1 unspecified atom stereocenters. The quantitative estimate of drug-likeness (QED) is 0.367.